The molecule has 25 heavy (non-hydrogen) atoms. The van der Waals surface area contributed by atoms with E-state index >= 15 is 0 Å². The van der Waals surface area contributed by atoms with E-state index < -0.39 is 11.5 Å². The zero-order chi connectivity index (χ0) is 18.4. The summed E-state index contributed by atoms with van der Waals surface area (Å²) in [5.74, 6) is -0.582. The van der Waals surface area contributed by atoms with Crippen molar-refractivity contribution in [3.63, 3.8) is 0 Å². The molecule has 1 aromatic heterocycles. The van der Waals surface area contributed by atoms with Crippen molar-refractivity contribution in [1.82, 2.24) is 9.78 Å². The highest BCUT2D eigenvalue weighted by atomic mass is 16.5. The van der Waals surface area contributed by atoms with Crippen LogP contribution in [0.15, 0.2) is 36.7 Å². The average Bonchev–Trinajstić information content (AvgIpc) is 3.04. The maximum absolute atomic E-state index is 12.3. The molecule has 0 aliphatic carbocycles. The van der Waals surface area contributed by atoms with Crippen molar-refractivity contribution in [3.05, 3.63) is 42.2 Å². The van der Waals surface area contributed by atoms with Gasteiger partial charge in [-0.25, -0.2) is 4.79 Å². The van der Waals surface area contributed by atoms with Gasteiger partial charge in [0.25, 0.3) is 5.91 Å². The lowest BCUT2D eigenvalue weighted by Crippen LogP contribution is -2.35. The zero-order valence-electron chi connectivity index (χ0n) is 14.7. The van der Waals surface area contributed by atoms with Crippen LogP contribution in [-0.4, -0.2) is 33.4 Å². The van der Waals surface area contributed by atoms with Crippen LogP contribution in [0.4, 0.5) is 5.69 Å². The maximum Gasteiger partial charge on any atom is 0.331 e. The van der Waals surface area contributed by atoms with Gasteiger partial charge in [-0.05, 0) is 44.5 Å². The van der Waals surface area contributed by atoms with Crippen molar-refractivity contribution in [3.8, 4) is 5.75 Å². The molecule has 0 bridgehead atoms. The van der Waals surface area contributed by atoms with Gasteiger partial charge >= 0.3 is 5.97 Å². The van der Waals surface area contributed by atoms with Gasteiger partial charge in [-0.2, -0.15) is 5.10 Å². The molecular formula is C18H23N3O4. The van der Waals surface area contributed by atoms with Gasteiger partial charge < -0.3 is 15.2 Å². The highest BCUT2D eigenvalue weighted by Gasteiger charge is 2.30. The number of rotatable bonds is 8. The molecule has 0 fully saturated rings. The number of ether oxygens (including phenoxy) is 1. The fourth-order valence-electron chi connectivity index (χ4n) is 2.03. The van der Waals surface area contributed by atoms with Crippen molar-refractivity contribution in [2.45, 2.75) is 39.2 Å². The first-order chi connectivity index (χ1) is 11.8. The molecule has 0 aliphatic heterocycles. The van der Waals surface area contributed by atoms with Gasteiger partial charge in [0.2, 0.25) is 0 Å². The number of aliphatic carboxylic acids is 1. The first-order valence-electron chi connectivity index (χ1n) is 8.17. The molecule has 2 N–H and O–H groups in total. The quantitative estimate of drug-likeness (QED) is 0.717. The second kappa shape index (κ2) is 7.83. The summed E-state index contributed by atoms with van der Waals surface area (Å²) >= 11 is 0. The molecule has 7 nitrogen and oxygen atoms in total. The predicted octanol–water partition coefficient (Wildman–Crippen LogP) is 3.13. The Morgan fingerprint density at radius 2 is 1.96 bits per heavy atom. The van der Waals surface area contributed by atoms with Crippen molar-refractivity contribution >= 4 is 17.6 Å². The predicted molar refractivity (Wildman–Crippen MR) is 94.0 cm³/mol. The van der Waals surface area contributed by atoms with Crippen LogP contribution in [0.2, 0.25) is 0 Å². The minimum absolute atomic E-state index is 0.298. The van der Waals surface area contributed by atoms with Crippen LogP contribution in [-0.2, 0) is 10.3 Å². The van der Waals surface area contributed by atoms with Gasteiger partial charge in [0.15, 0.2) is 5.54 Å². The normalized spacial score (nSPS) is 11.2. The molecule has 134 valence electrons. The number of carboxylic acids is 1. The standard InChI is InChI=1S/C18H23N3O4/c1-4-5-10-25-15-8-6-13(7-9-15)16(22)20-14-11-19-21(12-14)18(2,3)17(23)24/h6-9,11-12H,4-5,10H2,1-3H3,(H,20,22)(H,23,24). The van der Waals surface area contributed by atoms with Crippen LogP contribution in [0.1, 0.15) is 44.0 Å². The lowest BCUT2D eigenvalue weighted by molar-refractivity contribution is -0.146. The van der Waals surface area contributed by atoms with E-state index in [0.717, 1.165) is 18.6 Å². The number of carbonyl (C=O) groups excluding carboxylic acids is 1. The zero-order valence-corrected chi connectivity index (χ0v) is 14.7. The second-order valence-electron chi connectivity index (χ2n) is 6.22. The number of carbonyl (C=O) groups is 2. The van der Waals surface area contributed by atoms with Gasteiger partial charge in [-0.15, -0.1) is 0 Å². The Morgan fingerprint density at radius 1 is 1.28 bits per heavy atom. The van der Waals surface area contributed by atoms with Gasteiger partial charge in [0, 0.05) is 11.8 Å². The van der Waals surface area contributed by atoms with E-state index in [9.17, 15) is 14.7 Å². The van der Waals surface area contributed by atoms with Crippen LogP contribution in [0.5, 0.6) is 5.75 Å². The lowest BCUT2D eigenvalue weighted by atomic mass is 10.1. The maximum atomic E-state index is 12.3. The van der Waals surface area contributed by atoms with Crippen LogP contribution < -0.4 is 10.1 Å². The third-order valence-corrected chi connectivity index (χ3v) is 3.82. The van der Waals surface area contributed by atoms with Gasteiger partial charge in [-0.3, -0.25) is 9.48 Å². The van der Waals surface area contributed by atoms with Crippen LogP contribution in [0.25, 0.3) is 0 Å². The highest BCUT2D eigenvalue weighted by molar-refractivity contribution is 6.04. The molecule has 2 aromatic rings. The summed E-state index contributed by atoms with van der Waals surface area (Å²) in [5.41, 5.74) is -0.281. The fraction of sp³-hybridized carbons (Fsp3) is 0.389. The summed E-state index contributed by atoms with van der Waals surface area (Å²) < 4.78 is 6.86. The molecule has 7 heteroatoms. The number of nitrogens with one attached hydrogen (secondary N) is 1. The molecule has 0 radical (unpaired) electrons. The smallest absolute Gasteiger partial charge is 0.331 e. The summed E-state index contributed by atoms with van der Waals surface area (Å²) in [6.07, 6.45) is 4.96. The van der Waals surface area contributed by atoms with E-state index in [1.54, 1.807) is 24.3 Å². The topological polar surface area (TPSA) is 93.5 Å². The molecule has 0 saturated heterocycles. The van der Waals surface area contributed by atoms with Gasteiger partial charge in [0.05, 0.1) is 18.5 Å². The van der Waals surface area contributed by atoms with E-state index in [1.807, 2.05) is 0 Å². The molecule has 0 spiro atoms. The van der Waals surface area contributed by atoms with Crippen LogP contribution >= 0.6 is 0 Å². The van der Waals surface area contributed by atoms with E-state index in [0.29, 0.717) is 17.9 Å². The monoisotopic (exact) mass is 345 g/mol. The first-order valence-corrected chi connectivity index (χ1v) is 8.17. The molecule has 0 atom stereocenters. The lowest BCUT2D eigenvalue weighted by Gasteiger charge is -2.19. The minimum Gasteiger partial charge on any atom is -0.494 e. The van der Waals surface area contributed by atoms with E-state index in [2.05, 4.69) is 17.3 Å². The highest BCUT2D eigenvalue weighted by Crippen LogP contribution is 2.18. The molecule has 0 unspecified atom stereocenters. The summed E-state index contributed by atoms with van der Waals surface area (Å²) in [4.78, 5) is 23.5. The Labute approximate surface area is 146 Å². The minimum atomic E-state index is -1.19. The summed E-state index contributed by atoms with van der Waals surface area (Å²) in [6.45, 7) is 5.81. The SMILES string of the molecule is CCCCOc1ccc(C(=O)Nc2cnn(C(C)(C)C(=O)O)c2)cc1. The molecule has 1 aromatic carbocycles. The van der Waals surface area contributed by atoms with Crippen LogP contribution in [0.3, 0.4) is 0 Å². The van der Waals surface area contributed by atoms with Crippen molar-refractivity contribution in [2.24, 2.45) is 0 Å². The number of benzene rings is 1. The van der Waals surface area contributed by atoms with E-state index in [4.69, 9.17) is 4.74 Å². The third-order valence-electron chi connectivity index (χ3n) is 3.82. The molecule has 1 amide bonds. The van der Waals surface area contributed by atoms with Crippen molar-refractivity contribution in [1.29, 1.82) is 0 Å². The Hall–Kier alpha value is -2.83. The first kappa shape index (κ1) is 18.5. The number of amides is 1. The van der Waals surface area contributed by atoms with Gasteiger partial charge in [0.1, 0.15) is 5.75 Å². The number of anilines is 1. The summed E-state index contributed by atoms with van der Waals surface area (Å²) in [7, 11) is 0. The van der Waals surface area contributed by atoms with E-state index in [1.165, 1.54) is 30.9 Å². The number of nitrogens with zero attached hydrogens (tertiary/aromatic N) is 2. The van der Waals surface area contributed by atoms with Crippen LogP contribution in [0, 0.1) is 0 Å². The van der Waals surface area contributed by atoms with Crippen molar-refractivity contribution in [2.75, 3.05) is 11.9 Å². The van der Waals surface area contributed by atoms with E-state index in [-0.39, 0.29) is 5.91 Å². The van der Waals surface area contributed by atoms with Gasteiger partial charge in [-0.1, -0.05) is 13.3 Å². The molecule has 1 heterocycles. The Kier molecular flexibility index (Phi) is 5.80. The summed E-state index contributed by atoms with van der Waals surface area (Å²) in [6, 6.07) is 6.87. The Bertz CT molecular complexity index is 735. The fourth-order valence-corrected chi connectivity index (χ4v) is 2.03. The average molecular weight is 345 g/mol. The number of hydrogen-bond donors (Lipinski definition) is 2. The number of aromatic nitrogens is 2. The third kappa shape index (κ3) is 4.59. The largest absolute Gasteiger partial charge is 0.494 e. The molecule has 0 saturated carbocycles. The second-order valence-corrected chi connectivity index (χ2v) is 6.22. The number of hydrogen-bond acceptors (Lipinski definition) is 4. The number of carboxylic acid groups (broad SMARTS) is 1. The summed E-state index contributed by atoms with van der Waals surface area (Å²) in [5, 5.41) is 15.9. The number of unbranched alkanes of at least 4 members (excludes halogenated alkanes) is 1. The Balaban J connectivity index is 2.00. The molecule has 2 rings (SSSR count). The molecular weight excluding hydrogens is 322 g/mol. The molecule has 0 aliphatic rings. The van der Waals surface area contributed by atoms with Crippen molar-refractivity contribution < 1.29 is 19.4 Å². The Morgan fingerprint density at radius 3 is 2.56 bits per heavy atom.